The summed E-state index contributed by atoms with van der Waals surface area (Å²) in [5.41, 5.74) is 0.184. The zero-order valence-corrected chi connectivity index (χ0v) is 15.2. The molecule has 0 unspecified atom stereocenters. The second-order valence-electron chi connectivity index (χ2n) is 6.85. The van der Waals surface area contributed by atoms with E-state index in [0.717, 1.165) is 37.8 Å². The highest BCUT2D eigenvalue weighted by Gasteiger charge is 2.46. The van der Waals surface area contributed by atoms with Crippen LogP contribution in [0.15, 0.2) is 6.07 Å². The van der Waals surface area contributed by atoms with Crippen molar-refractivity contribution in [3.05, 3.63) is 17.5 Å². The van der Waals surface area contributed by atoms with Gasteiger partial charge in [0.25, 0.3) is 5.91 Å². The zero-order valence-electron chi connectivity index (χ0n) is 15.2. The molecule has 1 aromatic rings. The van der Waals surface area contributed by atoms with Gasteiger partial charge in [-0.2, -0.15) is 5.10 Å². The molecule has 6 heteroatoms. The molecule has 1 N–H and O–H groups in total. The first-order valence-electron chi connectivity index (χ1n) is 8.95. The molecule has 1 amide bonds. The normalized spacial score (nSPS) is 17.0. The van der Waals surface area contributed by atoms with E-state index in [1.165, 1.54) is 4.90 Å². The lowest BCUT2D eigenvalue weighted by Gasteiger charge is -2.40. The molecule has 6 nitrogen and oxygen atoms in total. The van der Waals surface area contributed by atoms with Crippen LogP contribution in [0.2, 0.25) is 0 Å². The average molecular weight is 335 g/mol. The fourth-order valence-electron chi connectivity index (χ4n) is 3.79. The molecule has 1 fully saturated rings. The summed E-state index contributed by atoms with van der Waals surface area (Å²) in [5, 5.41) is 14.3. The van der Waals surface area contributed by atoms with Gasteiger partial charge in [-0.15, -0.1) is 0 Å². The maximum absolute atomic E-state index is 12.9. The molecule has 0 bridgehead atoms. The molecule has 1 saturated carbocycles. The van der Waals surface area contributed by atoms with Gasteiger partial charge in [-0.3, -0.25) is 9.48 Å². The summed E-state index contributed by atoms with van der Waals surface area (Å²) in [6.45, 7) is 6.14. The van der Waals surface area contributed by atoms with E-state index in [2.05, 4.69) is 18.9 Å². The monoisotopic (exact) mass is 335 g/mol. The Morgan fingerprint density at radius 1 is 1.29 bits per heavy atom. The number of amides is 1. The second-order valence-corrected chi connectivity index (χ2v) is 6.85. The average Bonchev–Trinajstić information content (AvgIpc) is 2.97. The molecule has 1 aliphatic rings. The molecular weight excluding hydrogens is 306 g/mol. The van der Waals surface area contributed by atoms with Crippen molar-refractivity contribution in [3.8, 4) is 0 Å². The Morgan fingerprint density at radius 2 is 1.88 bits per heavy atom. The Hall–Kier alpha value is -1.85. The van der Waals surface area contributed by atoms with Crippen LogP contribution in [0.4, 0.5) is 0 Å². The largest absolute Gasteiger partial charge is 0.479 e. The van der Waals surface area contributed by atoms with Crippen LogP contribution in [-0.2, 0) is 4.79 Å². The lowest BCUT2D eigenvalue weighted by atomic mass is 9.80. The lowest BCUT2D eigenvalue weighted by molar-refractivity contribution is -0.151. The predicted octanol–water partition coefficient (Wildman–Crippen LogP) is 3.41. The van der Waals surface area contributed by atoms with Crippen LogP contribution in [0, 0.1) is 6.92 Å². The molecule has 0 saturated heterocycles. The smallest absolute Gasteiger partial charge is 0.329 e. The quantitative estimate of drug-likeness (QED) is 0.864. The van der Waals surface area contributed by atoms with Crippen molar-refractivity contribution >= 4 is 11.9 Å². The number of hydrogen-bond donors (Lipinski definition) is 1. The number of aliphatic carboxylic acids is 1. The van der Waals surface area contributed by atoms with Crippen molar-refractivity contribution in [2.24, 2.45) is 0 Å². The van der Waals surface area contributed by atoms with E-state index < -0.39 is 11.5 Å². The number of aryl methyl sites for hydroxylation is 1. The van der Waals surface area contributed by atoms with E-state index in [1.54, 1.807) is 13.1 Å². The minimum absolute atomic E-state index is 0.264. The number of carboxylic acid groups (broad SMARTS) is 1. The van der Waals surface area contributed by atoms with Crippen molar-refractivity contribution in [2.45, 2.75) is 77.3 Å². The van der Waals surface area contributed by atoms with E-state index in [4.69, 9.17) is 0 Å². The number of carbonyl (C=O) groups excluding carboxylic acids is 1. The topological polar surface area (TPSA) is 75.4 Å². The number of aromatic nitrogens is 2. The Morgan fingerprint density at radius 3 is 2.38 bits per heavy atom. The third-order valence-electron chi connectivity index (χ3n) is 5.46. The molecule has 1 aliphatic carbocycles. The Balaban J connectivity index is 2.30. The summed E-state index contributed by atoms with van der Waals surface area (Å²) in [5.74, 6) is -1.21. The number of likely N-dealkylation sites (N-methyl/N-ethyl adjacent to an activating group) is 1. The summed E-state index contributed by atoms with van der Waals surface area (Å²) in [7, 11) is 1.60. The van der Waals surface area contributed by atoms with Crippen molar-refractivity contribution in [1.82, 2.24) is 14.7 Å². The molecule has 2 rings (SSSR count). The summed E-state index contributed by atoms with van der Waals surface area (Å²) in [6, 6.07) is 2.04. The van der Waals surface area contributed by atoms with E-state index in [0.29, 0.717) is 18.5 Å². The highest BCUT2D eigenvalue weighted by atomic mass is 16.4. The van der Waals surface area contributed by atoms with Gasteiger partial charge >= 0.3 is 5.97 Å². The summed E-state index contributed by atoms with van der Waals surface area (Å²) in [4.78, 5) is 26.2. The molecular formula is C18H29N3O3. The SMILES string of the molecule is CCC(CC)n1nc(C(=O)N(C)C2(C(=O)O)CCCCC2)cc1C. The molecule has 1 aromatic heterocycles. The van der Waals surface area contributed by atoms with Gasteiger partial charge in [-0.1, -0.05) is 33.1 Å². The van der Waals surface area contributed by atoms with E-state index in [9.17, 15) is 14.7 Å². The highest BCUT2D eigenvalue weighted by Crippen LogP contribution is 2.34. The first-order valence-corrected chi connectivity index (χ1v) is 8.95. The maximum Gasteiger partial charge on any atom is 0.329 e. The van der Waals surface area contributed by atoms with Crippen molar-refractivity contribution in [1.29, 1.82) is 0 Å². The number of nitrogens with zero attached hydrogens (tertiary/aromatic N) is 3. The van der Waals surface area contributed by atoms with Crippen LogP contribution in [0.25, 0.3) is 0 Å². The van der Waals surface area contributed by atoms with Gasteiger partial charge < -0.3 is 10.0 Å². The fourth-order valence-corrected chi connectivity index (χ4v) is 3.79. The summed E-state index contributed by atoms with van der Waals surface area (Å²) in [6.07, 6.45) is 5.62. The van der Waals surface area contributed by atoms with Gasteiger partial charge in [0.2, 0.25) is 0 Å². The molecule has 0 radical (unpaired) electrons. The van der Waals surface area contributed by atoms with Crippen LogP contribution in [0.3, 0.4) is 0 Å². The Bertz CT molecular complexity index is 599. The number of hydrogen-bond acceptors (Lipinski definition) is 3. The van der Waals surface area contributed by atoms with Crippen LogP contribution in [0.1, 0.15) is 81.0 Å². The number of rotatable bonds is 6. The van der Waals surface area contributed by atoms with E-state index >= 15 is 0 Å². The van der Waals surface area contributed by atoms with Crippen molar-refractivity contribution in [2.75, 3.05) is 7.05 Å². The summed E-state index contributed by atoms with van der Waals surface area (Å²) < 4.78 is 1.90. The maximum atomic E-state index is 12.9. The minimum atomic E-state index is -1.10. The van der Waals surface area contributed by atoms with Gasteiger partial charge in [-0.25, -0.2) is 4.79 Å². The molecule has 134 valence electrons. The van der Waals surface area contributed by atoms with Gasteiger partial charge in [-0.05, 0) is 38.7 Å². The van der Waals surface area contributed by atoms with Crippen molar-refractivity contribution < 1.29 is 14.7 Å². The van der Waals surface area contributed by atoms with Crippen LogP contribution < -0.4 is 0 Å². The van der Waals surface area contributed by atoms with Gasteiger partial charge in [0.1, 0.15) is 5.54 Å². The number of carboxylic acids is 1. The molecule has 24 heavy (non-hydrogen) atoms. The fraction of sp³-hybridized carbons (Fsp3) is 0.722. The molecule has 0 spiro atoms. The minimum Gasteiger partial charge on any atom is -0.479 e. The second kappa shape index (κ2) is 7.36. The van der Waals surface area contributed by atoms with E-state index in [-0.39, 0.29) is 11.9 Å². The first-order chi connectivity index (χ1) is 11.4. The van der Waals surface area contributed by atoms with Gasteiger partial charge in [0, 0.05) is 12.7 Å². The highest BCUT2D eigenvalue weighted by molar-refractivity contribution is 5.96. The van der Waals surface area contributed by atoms with Crippen molar-refractivity contribution in [3.63, 3.8) is 0 Å². The van der Waals surface area contributed by atoms with Gasteiger partial charge in [0.15, 0.2) is 5.69 Å². The molecule has 0 aromatic carbocycles. The zero-order chi connectivity index (χ0) is 17.9. The van der Waals surface area contributed by atoms with Crippen LogP contribution in [0.5, 0.6) is 0 Å². The third-order valence-corrected chi connectivity index (χ3v) is 5.46. The van der Waals surface area contributed by atoms with Crippen LogP contribution >= 0.6 is 0 Å². The first kappa shape index (κ1) is 18.5. The lowest BCUT2D eigenvalue weighted by Crippen LogP contribution is -2.56. The van der Waals surface area contributed by atoms with Gasteiger partial charge in [0.05, 0.1) is 6.04 Å². The predicted molar refractivity (Wildman–Crippen MR) is 92.1 cm³/mol. The molecule has 0 atom stereocenters. The third kappa shape index (κ3) is 3.19. The standard InChI is InChI=1S/C18H29N3O3/c1-5-14(6-2)21-13(3)12-15(19-21)16(22)20(4)18(17(23)24)10-8-7-9-11-18/h12,14H,5-11H2,1-4H3,(H,23,24). The molecule has 1 heterocycles. The Labute approximate surface area is 143 Å². The van der Waals surface area contributed by atoms with E-state index in [1.807, 2.05) is 11.6 Å². The number of carbonyl (C=O) groups is 2. The molecule has 0 aliphatic heterocycles. The van der Waals surface area contributed by atoms with Crippen LogP contribution in [-0.4, -0.2) is 44.3 Å². The summed E-state index contributed by atoms with van der Waals surface area (Å²) >= 11 is 0. The Kier molecular flexibility index (Phi) is 5.67.